The topological polar surface area (TPSA) is 65.5 Å². The van der Waals surface area contributed by atoms with Gasteiger partial charge in [0, 0.05) is 37.3 Å². The van der Waals surface area contributed by atoms with Crippen molar-refractivity contribution in [2.45, 2.75) is 26.7 Å². The molecule has 2 aromatic rings. The first-order chi connectivity index (χ1) is 13.1. The first kappa shape index (κ1) is 20.8. The predicted octanol–water partition coefficient (Wildman–Crippen LogP) is 3.64. The quantitative estimate of drug-likeness (QED) is 0.479. The van der Waals surface area contributed by atoms with E-state index in [1.54, 1.807) is 0 Å². The molecule has 0 spiro atoms. The van der Waals surface area contributed by atoms with Crippen LogP contribution in [0.2, 0.25) is 5.02 Å². The molecule has 144 valence electrons. The second-order valence-electron chi connectivity index (χ2n) is 6.19. The van der Waals surface area contributed by atoms with Gasteiger partial charge < -0.3 is 16.0 Å². The maximum absolute atomic E-state index is 11.1. The van der Waals surface area contributed by atoms with Gasteiger partial charge in [-0.2, -0.15) is 0 Å². The number of carbonyl (C=O) groups is 1. The van der Waals surface area contributed by atoms with Gasteiger partial charge in [0.1, 0.15) is 0 Å². The third-order valence-corrected chi connectivity index (χ3v) is 4.16. The van der Waals surface area contributed by atoms with E-state index in [-0.39, 0.29) is 5.91 Å². The number of anilines is 1. The molecule has 3 N–H and O–H groups in total. The van der Waals surface area contributed by atoms with Gasteiger partial charge in [-0.05, 0) is 55.2 Å². The van der Waals surface area contributed by atoms with Crippen LogP contribution >= 0.6 is 11.6 Å². The van der Waals surface area contributed by atoms with Gasteiger partial charge >= 0.3 is 0 Å². The lowest BCUT2D eigenvalue weighted by Crippen LogP contribution is -2.38. The third-order valence-electron chi connectivity index (χ3n) is 3.91. The molecule has 0 atom stereocenters. The highest BCUT2D eigenvalue weighted by Gasteiger charge is 2.00. The first-order valence-electron chi connectivity index (χ1n) is 9.20. The van der Waals surface area contributed by atoms with Crippen LogP contribution in [0.25, 0.3) is 0 Å². The van der Waals surface area contributed by atoms with Crippen molar-refractivity contribution in [3.05, 3.63) is 64.7 Å². The lowest BCUT2D eigenvalue weighted by Gasteiger charge is -2.11. The van der Waals surface area contributed by atoms with E-state index in [1.165, 1.54) is 18.1 Å². The van der Waals surface area contributed by atoms with Gasteiger partial charge in [-0.15, -0.1) is 0 Å². The summed E-state index contributed by atoms with van der Waals surface area (Å²) in [5.41, 5.74) is 3.24. The molecule has 0 unspecified atom stereocenters. The molecule has 1 amide bonds. The standard InChI is InChI=1S/C21H27ClN4O/c1-3-23-21(24-14-12-17-4-8-19(22)9-5-17)25-15-13-18-6-10-20(11-7-18)26-16(2)27/h4-11H,3,12-15H2,1-2H3,(H,26,27)(H2,23,24,25). The normalized spacial score (nSPS) is 11.1. The molecular formula is C21H27ClN4O. The lowest BCUT2D eigenvalue weighted by molar-refractivity contribution is -0.114. The molecule has 0 saturated heterocycles. The van der Waals surface area contributed by atoms with Crippen LogP contribution in [-0.2, 0) is 17.6 Å². The maximum Gasteiger partial charge on any atom is 0.221 e. The molecule has 0 radical (unpaired) electrons. The van der Waals surface area contributed by atoms with Crippen LogP contribution in [0.5, 0.6) is 0 Å². The van der Waals surface area contributed by atoms with Crippen molar-refractivity contribution in [1.82, 2.24) is 10.6 Å². The van der Waals surface area contributed by atoms with E-state index in [1.807, 2.05) is 48.5 Å². The van der Waals surface area contributed by atoms with E-state index in [0.29, 0.717) is 6.54 Å². The Hall–Kier alpha value is -2.53. The fourth-order valence-corrected chi connectivity index (χ4v) is 2.70. The highest BCUT2D eigenvalue weighted by Crippen LogP contribution is 2.10. The zero-order valence-electron chi connectivity index (χ0n) is 15.9. The first-order valence-corrected chi connectivity index (χ1v) is 9.57. The molecule has 0 aliphatic rings. The van der Waals surface area contributed by atoms with Gasteiger partial charge in [-0.25, -0.2) is 0 Å². The van der Waals surface area contributed by atoms with E-state index in [9.17, 15) is 4.79 Å². The summed E-state index contributed by atoms with van der Waals surface area (Å²) in [5, 5.41) is 10.1. The monoisotopic (exact) mass is 386 g/mol. The van der Waals surface area contributed by atoms with Crippen molar-refractivity contribution in [3.63, 3.8) is 0 Å². The number of hydrogen-bond donors (Lipinski definition) is 3. The van der Waals surface area contributed by atoms with Crippen LogP contribution in [0.3, 0.4) is 0 Å². The number of hydrogen-bond acceptors (Lipinski definition) is 2. The number of benzene rings is 2. The summed E-state index contributed by atoms with van der Waals surface area (Å²) < 4.78 is 0. The summed E-state index contributed by atoms with van der Waals surface area (Å²) in [6.07, 6.45) is 1.75. The molecule has 2 aromatic carbocycles. The number of nitrogens with zero attached hydrogens (tertiary/aromatic N) is 1. The number of carbonyl (C=O) groups excluding carboxylic acids is 1. The van der Waals surface area contributed by atoms with Crippen molar-refractivity contribution in [2.24, 2.45) is 4.99 Å². The molecule has 0 fully saturated rings. The fraction of sp³-hybridized carbons (Fsp3) is 0.333. The number of nitrogens with one attached hydrogen (secondary N) is 3. The average molecular weight is 387 g/mol. The van der Waals surface area contributed by atoms with E-state index in [2.05, 4.69) is 27.9 Å². The van der Waals surface area contributed by atoms with Gasteiger partial charge in [0.25, 0.3) is 0 Å². The van der Waals surface area contributed by atoms with Crippen molar-refractivity contribution in [3.8, 4) is 0 Å². The molecule has 0 aliphatic carbocycles. The predicted molar refractivity (Wildman–Crippen MR) is 114 cm³/mol. The zero-order chi connectivity index (χ0) is 19.5. The molecule has 6 heteroatoms. The number of halogens is 1. The Morgan fingerprint density at radius 3 is 2.22 bits per heavy atom. The molecular weight excluding hydrogens is 360 g/mol. The molecule has 0 heterocycles. The van der Waals surface area contributed by atoms with Crippen molar-refractivity contribution in [2.75, 3.05) is 25.0 Å². The number of aliphatic imine (C=N–C) groups is 1. The van der Waals surface area contributed by atoms with E-state index >= 15 is 0 Å². The van der Waals surface area contributed by atoms with E-state index < -0.39 is 0 Å². The Labute approximate surface area is 166 Å². The number of amides is 1. The third kappa shape index (κ3) is 8.13. The molecule has 5 nitrogen and oxygen atoms in total. The fourth-order valence-electron chi connectivity index (χ4n) is 2.57. The molecule has 27 heavy (non-hydrogen) atoms. The van der Waals surface area contributed by atoms with Crippen LogP contribution < -0.4 is 16.0 Å². The Morgan fingerprint density at radius 2 is 1.59 bits per heavy atom. The molecule has 0 aliphatic heterocycles. The number of rotatable bonds is 8. The maximum atomic E-state index is 11.1. The Morgan fingerprint density at radius 1 is 0.963 bits per heavy atom. The van der Waals surface area contributed by atoms with Gasteiger partial charge in [0.15, 0.2) is 5.96 Å². The Kier molecular flexibility index (Phi) is 8.65. The summed E-state index contributed by atoms with van der Waals surface area (Å²) >= 11 is 5.91. The van der Waals surface area contributed by atoms with E-state index in [0.717, 1.165) is 42.6 Å². The average Bonchev–Trinajstić information content (AvgIpc) is 2.64. The minimum atomic E-state index is -0.0606. The minimum Gasteiger partial charge on any atom is -0.357 e. The van der Waals surface area contributed by atoms with Crippen LogP contribution in [0.4, 0.5) is 5.69 Å². The Bertz CT molecular complexity index is 742. The molecule has 0 aromatic heterocycles. The number of guanidine groups is 1. The summed E-state index contributed by atoms with van der Waals surface area (Å²) in [7, 11) is 0. The van der Waals surface area contributed by atoms with Gasteiger partial charge in [0.2, 0.25) is 5.91 Å². The smallest absolute Gasteiger partial charge is 0.221 e. The van der Waals surface area contributed by atoms with Crippen LogP contribution in [0.15, 0.2) is 53.5 Å². The van der Waals surface area contributed by atoms with Crippen molar-refractivity contribution in [1.29, 1.82) is 0 Å². The zero-order valence-corrected chi connectivity index (χ0v) is 16.6. The largest absolute Gasteiger partial charge is 0.357 e. The highest BCUT2D eigenvalue weighted by molar-refractivity contribution is 6.30. The minimum absolute atomic E-state index is 0.0606. The van der Waals surface area contributed by atoms with Crippen LogP contribution in [-0.4, -0.2) is 31.5 Å². The van der Waals surface area contributed by atoms with Crippen molar-refractivity contribution >= 4 is 29.2 Å². The summed E-state index contributed by atoms with van der Waals surface area (Å²) in [6, 6.07) is 15.8. The molecule has 2 rings (SSSR count). The highest BCUT2D eigenvalue weighted by atomic mass is 35.5. The van der Waals surface area contributed by atoms with E-state index in [4.69, 9.17) is 11.6 Å². The summed E-state index contributed by atoms with van der Waals surface area (Å²) in [4.78, 5) is 15.7. The van der Waals surface area contributed by atoms with Crippen LogP contribution in [0, 0.1) is 0 Å². The SMILES string of the molecule is CCNC(=NCCc1ccc(Cl)cc1)NCCc1ccc(NC(C)=O)cc1. The second-order valence-corrected chi connectivity index (χ2v) is 6.63. The van der Waals surface area contributed by atoms with Gasteiger partial charge in [-0.3, -0.25) is 9.79 Å². The Balaban J connectivity index is 1.79. The summed E-state index contributed by atoms with van der Waals surface area (Å²) in [6.45, 7) is 5.87. The van der Waals surface area contributed by atoms with Gasteiger partial charge in [-0.1, -0.05) is 35.9 Å². The summed E-state index contributed by atoms with van der Waals surface area (Å²) in [5.74, 6) is 0.760. The lowest BCUT2D eigenvalue weighted by atomic mass is 10.1. The van der Waals surface area contributed by atoms with Gasteiger partial charge in [0.05, 0.1) is 0 Å². The molecule has 0 bridgehead atoms. The second kappa shape index (κ2) is 11.2. The molecule has 0 saturated carbocycles. The van der Waals surface area contributed by atoms with Crippen LogP contribution in [0.1, 0.15) is 25.0 Å². The van der Waals surface area contributed by atoms with Crippen molar-refractivity contribution < 1.29 is 4.79 Å².